The van der Waals surface area contributed by atoms with E-state index in [-0.39, 0.29) is 18.6 Å². The molecule has 1 fully saturated rings. The molecule has 5 heteroatoms. The van der Waals surface area contributed by atoms with Gasteiger partial charge in [-0.25, -0.2) is 0 Å². The highest BCUT2D eigenvalue weighted by Gasteiger charge is 2.38. The first kappa shape index (κ1) is 20.4. The summed E-state index contributed by atoms with van der Waals surface area (Å²) >= 11 is 0. The summed E-state index contributed by atoms with van der Waals surface area (Å²) in [5, 5.41) is 9.98. The quantitative estimate of drug-likeness (QED) is 0.788. The first-order valence-corrected chi connectivity index (χ1v) is 9.44. The summed E-state index contributed by atoms with van der Waals surface area (Å²) in [6.07, 6.45) is -2.82. The minimum absolute atomic E-state index is 0.108. The molecule has 2 nitrogen and oxygen atoms in total. The molecule has 1 heterocycles. The molecule has 0 radical (unpaired) electrons. The van der Waals surface area contributed by atoms with E-state index in [0.717, 1.165) is 24.7 Å². The third-order valence-electron chi connectivity index (χ3n) is 5.45. The number of rotatable bonds is 4. The smallest absolute Gasteiger partial charge is 0.396 e. The molecule has 28 heavy (non-hydrogen) atoms. The number of likely N-dealkylation sites (tertiary alicyclic amines) is 1. The maximum atomic E-state index is 13.3. The molecule has 1 aliphatic heterocycles. The number of hydrogen-bond acceptors (Lipinski definition) is 2. The molecule has 1 N–H and O–H groups in total. The monoisotopic (exact) mass is 387 g/mol. The summed E-state index contributed by atoms with van der Waals surface area (Å²) < 4.78 is 39.9. The van der Waals surface area contributed by atoms with E-state index in [0.29, 0.717) is 19.4 Å². The van der Waals surface area contributed by atoms with Crippen molar-refractivity contribution in [1.29, 1.82) is 0 Å². The molecule has 1 saturated heterocycles. The Morgan fingerprint density at radius 2 is 1.61 bits per heavy atom. The lowest BCUT2D eigenvalue weighted by atomic mass is 9.73. The SMILES string of the molecule is OCC1(Cc2ccccc2C(F)(F)F)CCN(CC#Cc2ccccc2)CC1. The number of hydrogen-bond donors (Lipinski definition) is 1. The molecule has 0 bridgehead atoms. The zero-order valence-electron chi connectivity index (χ0n) is 15.7. The van der Waals surface area contributed by atoms with Crippen molar-refractivity contribution in [2.45, 2.75) is 25.4 Å². The van der Waals surface area contributed by atoms with Gasteiger partial charge < -0.3 is 5.11 Å². The second kappa shape index (κ2) is 8.81. The van der Waals surface area contributed by atoms with Crippen LogP contribution in [0.4, 0.5) is 13.2 Å². The van der Waals surface area contributed by atoms with Crippen LogP contribution in [0.1, 0.15) is 29.5 Å². The van der Waals surface area contributed by atoms with Crippen molar-refractivity contribution >= 4 is 0 Å². The molecule has 1 aliphatic rings. The lowest BCUT2D eigenvalue weighted by Crippen LogP contribution is -2.43. The van der Waals surface area contributed by atoms with Gasteiger partial charge in [0.2, 0.25) is 0 Å². The molecule has 0 amide bonds. The zero-order chi connectivity index (χ0) is 20.0. The van der Waals surface area contributed by atoms with Crippen LogP contribution in [0.2, 0.25) is 0 Å². The van der Waals surface area contributed by atoms with Gasteiger partial charge in [0.15, 0.2) is 0 Å². The van der Waals surface area contributed by atoms with E-state index < -0.39 is 17.2 Å². The Hall–Kier alpha value is -2.29. The van der Waals surface area contributed by atoms with E-state index in [9.17, 15) is 18.3 Å². The molecular formula is C23H24F3NO. The average molecular weight is 387 g/mol. The first-order valence-electron chi connectivity index (χ1n) is 9.44. The minimum Gasteiger partial charge on any atom is -0.396 e. The van der Waals surface area contributed by atoms with Crippen LogP contribution in [0.5, 0.6) is 0 Å². The summed E-state index contributed by atoms with van der Waals surface area (Å²) in [6.45, 7) is 1.95. The number of aliphatic hydroxyl groups is 1. The fourth-order valence-electron chi connectivity index (χ4n) is 3.71. The molecule has 0 aliphatic carbocycles. The number of nitrogens with zero attached hydrogens (tertiary/aromatic N) is 1. The molecule has 148 valence electrons. The first-order chi connectivity index (χ1) is 13.4. The molecule has 0 aromatic heterocycles. The number of benzene rings is 2. The summed E-state index contributed by atoms with van der Waals surface area (Å²) in [4.78, 5) is 2.19. The lowest BCUT2D eigenvalue weighted by Gasteiger charge is -2.40. The highest BCUT2D eigenvalue weighted by Crippen LogP contribution is 2.39. The highest BCUT2D eigenvalue weighted by molar-refractivity contribution is 5.34. The largest absolute Gasteiger partial charge is 0.416 e. The normalized spacial score (nSPS) is 17.0. The average Bonchev–Trinajstić information content (AvgIpc) is 2.70. The maximum Gasteiger partial charge on any atom is 0.416 e. The van der Waals surface area contributed by atoms with E-state index >= 15 is 0 Å². The molecule has 0 atom stereocenters. The molecule has 0 spiro atoms. The van der Waals surface area contributed by atoms with Crippen molar-refractivity contribution in [2.24, 2.45) is 5.41 Å². The predicted molar refractivity (Wildman–Crippen MR) is 104 cm³/mol. The van der Waals surface area contributed by atoms with Crippen LogP contribution in [0.15, 0.2) is 54.6 Å². The van der Waals surface area contributed by atoms with Gasteiger partial charge in [-0.3, -0.25) is 4.90 Å². The molecule has 0 saturated carbocycles. The van der Waals surface area contributed by atoms with Crippen molar-refractivity contribution < 1.29 is 18.3 Å². The maximum absolute atomic E-state index is 13.3. The van der Waals surface area contributed by atoms with Gasteiger partial charge in [-0.2, -0.15) is 13.2 Å². The van der Waals surface area contributed by atoms with Gasteiger partial charge in [0, 0.05) is 12.2 Å². The fourth-order valence-corrected chi connectivity index (χ4v) is 3.71. The van der Waals surface area contributed by atoms with Crippen molar-refractivity contribution in [3.05, 3.63) is 71.3 Å². The second-order valence-corrected chi connectivity index (χ2v) is 7.43. The van der Waals surface area contributed by atoms with E-state index in [4.69, 9.17) is 0 Å². The van der Waals surface area contributed by atoms with Gasteiger partial charge in [-0.15, -0.1) is 0 Å². The number of aliphatic hydroxyl groups excluding tert-OH is 1. The van der Waals surface area contributed by atoms with E-state index in [1.165, 1.54) is 12.1 Å². The van der Waals surface area contributed by atoms with Crippen LogP contribution in [-0.4, -0.2) is 36.2 Å². The Morgan fingerprint density at radius 1 is 0.964 bits per heavy atom. The van der Waals surface area contributed by atoms with Gasteiger partial charge in [0.1, 0.15) is 0 Å². The second-order valence-electron chi connectivity index (χ2n) is 7.43. The topological polar surface area (TPSA) is 23.5 Å². The minimum atomic E-state index is -4.37. The lowest BCUT2D eigenvalue weighted by molar-refractivity contribution is -0.138. The molecule has 3 rings (SSSR count). The van der Waals surface area contributed by atoms with Crippen LogP contribution in [0.3, 0.4) is 0 Å². The van der Waals surface area contributed by atoms with E-state index in [1.54, 1.807) is 6.07 Å². The van der Waals surface area contributed by atoms with Crippen LogP contribution < -0.4 is 0 Å². The van der Waals surface area contributed by atoms with E-state index in [1.807, 2.05) is 30.3 Å². The van der Waals surface area contributed by atoms with Crippen molar-refractivity contribution in [2.75, 3.05) is 26.2 Å². The third-order valence-corrected chi connectivity index (χ3v) is 5.45. The molecule has 2 aromatic rings. The molecular weight excluding hydrogens is 363 g/mol. The Balaban J connectivity index is 1.63. The summed E-state index contributed by atoms with van der Waals surface area (Å²) in [5.74, 6) is 6.28. The van der Waals surface area contributed by atoms with Gasteiger partial charge in [0.05, 0.1) is 12.1 Å². The van der Waals surface area contributed by atoms with Gasteiger partial charge in [-0.05, 0) is 61.5 Å². The van der Waals surface area contributed by atoms with Gasteiger partial charge >= 0.3 is 6.18 Å². The van der Waals surface area contributed by atoms with Gasteiger partial charge in [0.25, 0.3) is 0 Å². The fraction of sp³-hybridized carbons (Fsp3) is 0.391. The van der Waals surface area contributed by atoms with Crippen LogP contribution in [-0.2, 0) is 12.6 Å². The Labute approximate surface area is 164 Å². The Bertz CT molecular complexity index is 828. The predicted octanol–water partition coefficient (Wildman–Crippen LogP) is 4.37. The molecule has 2 aromatic carbocycles. The Kier molecular flexibility index (Phi) is 6.43. The van der Waals surface area contributed by atoms with Crippen LogP contribution in [0.25, 0.3) is 0 Å². The number of halogens is 3. The van der Waals surface area contributed by atoms with Crippen molar-refractivity contribution in [1.82, 2.24) is 4.90 Å². The summed E-state index contributed by atoms with van der Waals surface area (Å²) in [7, 11) is 0. The van der Waals surface area contributed by atoms with Crippen LogP contribution in [0, 0.1) is 17.3 Å². The van der Waals surface area contributed by atoms with Crippen molar-refractivity contribution in [3.8, 4) is 11.8 Å². The zero-order valence-corrected chi connectivity index (χ0v) is 15.7. The van der Waals surface area contributed by atoms with Crippen molar-refractivity contribution in [3.63, 3.8) is 0 Å². The highest BCUT2D eigenvalue weighted by atomic mass is 19.4. The molecule has 0 unspecified atom stereocenters. The standard InChI is InChI=1S/C23H24F3NO/c24-23(25,26)21-11-5-4-10-20(21)17-22(18-28)12-15-27(16-13-22)14-6-9-19-7-2-1-3-8-19/h1-5,7-8,10-11,28H,12-18H2. The Morgan fingerprint density at radius 3 is 2.25 bits per heavy atom. The van der Waals surface area contributed by atoms with Gasteiger partial charge in [-0.1, -0.05) is 48.2 Å². The van der Waals surface area contributed by atoms with E-state index in [2.05, 4.69) is 16.7 Å². The summed E-state index contributed by atoms with van der Waals surface area (Å²) in [6, 6.07) is 15.4. The number of alkyl halides is 3. The summed E-state index contributed by atoms with van der Waals surface area (Å²) in [5.41, 5.74) is 0.123. The third kappa shape index (κ3) is 5.15. The van der Waals surface area contributed by atoms with Crippen LogP contribution >= 0.6 is 0 Å². The number of piperidine rings is 1.